The highest BCUT2D eigenvalue weighted by molar-refractivity contribution is 7.19. The van der Waals surface area contributed by atoms with Crippen LogP contribution in [-0.4, -0.2) is 11.5 Å². The van der Waals surface area contributed by atoms with Crippen molar-refractivity contribution in [2.75, 3.05) is 6.54 Å². The first kappa shape index (κ1) is 15.9. The highest BCUT2D eigenvalue weighted by Crippen LogP contribution is 2.38. The number of benzene rings is 1. The zero-order valence-electron chi connectivity index (χ0n) is 12.4. The van der Waals surface area contributed by atoms with E-state index in [2.05, 4.69) is 24.0 Å². The number of nitrogens with one attached hydrogen (secondary N) is 1. The van der Waals surface area contributed by atoms with Crippen LogP contribution >= 0.6 is 34.5 Å². The topological polar surface area (TPSA) is 41.8 Å². The number of aromatic amines is 1. The molecule has 0 unspecified atom stereocenters. The molecule has 116 valence electrons. The minimum Gasteiger partial charge on any atom is -0.353 e. The van der Waals surface area contributed by atoms with E-state index in [1.54, 1.807) is 11.3 Å². The van der Waals surface area contributed by atoms with E-state index in [1.807, 2.05) is 12.1 Å². The van der Waals surface area contributed by atoms with Crippen LogP contribution in [0.25, 0.3) is 21.5 Å². The number of unbranched alkanes of at least 4 members (excludes halogenated alkanes) is 1. The number of aromatic nitrogens is 1. The van der Waals surface area contributed by atoms with E-state index in [1.165, 1.54) is 15.8 Å². The van der Waals surface area contributed by atoms with Crippen LogP contribution in [0.3, 0.4) is 0 Å². The molecule has 0 aliphatic rings. The Morgan fingerprint density at radius 3 is 2.64 bits per heavy atom. The fourth-order valence-electron chi connectivity index (χ4n) is 2.80. The quantitative estimate of drug-likeness (QED) is 0.560. The van der Waals surface area contributed by atoms with Gasteiger partial charge in [0.25, 0.3) is 0 Å². The molecule has 3 aromatic rings. The van der Waals surface area contributed by atoms with Gasteiger partial charge in [0.1, 0.15) is 0 Å². The molecule has 0 aliphatic heterocycles. The number of nitrogens with two attached hydrogens (primary N) is 1. The van der Waals surface area contributed by atoms with Crippen LogP contribution in [0.1, 0.15) is 24.0 Å². The van der Waals surface area contributed by atoms with Crippen LogP contribution in [0.5, 0.6) is 0 Å². The fourth-order valence-corrected chi connectivity index (χ4v) is 4.03. The van der Waals surface area contributed by atoms with Crippen molar-refractivity contribution in [1.82, 2.24) is 4.98 Å². The maximum atomic E-state index is 6.27. The van der Waals surface area contributed by atoms with Gasteiger partial charge in [-0.2, -0.15) is 0 Å². The predicted octanol–water partition coefficient (Wildman–Crippen LogP) is 5.79. The van der Waals surface area contributed by atoms with Crippen molar-refractivity contribution in [3.05, 3.63) is 44.8 Å². The normalized spacial score (nSPS) is 11.5. The zero-order valence-corrected chi connectivity index (χ0v) is 14.7. The van der Waals surface area contributed by atoms with Gasteiger partial charge in [0.2, 0.25) is 0 Å². The summed E-state index contributed by atoms with van der Waals surface area (Å²) < 4.78 is 0.802. The van der Waals surface area contributed by atoms with E-state index >= 15 is 0 Å². The Labute approximate surface area is 144 Å². The predicted molar refractivity (Wildman–Crippen MR) is 98.4 cm³/mol. The molecule has 5 heteroatoms. The minimum absolute atomic E-state index is 0.730. The van der Waals surface area contributed by atoms with Gasteiger partial charge in [-0.1, -0.05) is 29.3 Å². The van der Waals surface area contributed by atoms with E-state index in [4.69, 9.17) is 28.9 Å². The SMILES string of the molecule is Cc1c(Cl)ccc2c(CCCCN)c(-c3ccc(Cl)s3)[nH]c12. The molecule has 0 spiro atoms. The first-order valence-corrected chi connectivity index (χ1v) is 8.94. The summed E-state index contributed by atoms with van der Waals surface area (Å²) in [5, 5.41) is 2.04. The smallest absolute Gasteiger partial charge is 0.0935 e. The van der Waals surface area contributed by atoms with Gasteiger partial charge in [0.15, 0.2) is 0 Å². The standard InChI is InChI=1S/C17H18Cl2N2S/c1-10-13(18)6-5-12-11(4-2-3-9-20)17(21-16(10)12)14-7-8-15(19)22-14/h5-8,21H,2-4,9,20H2,1H3. The van der Waals surface area contributed by atoms with Crippen molar-refractivity contribution >= 4 is 45.4 Å². The number of fused-ring (bicyclic) bond motifs is 1. The lowest BCUT2D eigenvalue weighted by molar-refractivity contribution is 0.748. The molecule has 0 saturated carbocycles. The number of hydrogen-bond acceptors (Lipinski definition) is 2. The molecule has 0 bridgehead atoms. The van der Waals surface area contributed by atoms with Gasteiger partial charge in [-0.3, -0.25) is 0 Å². The lowest BCUT2D eigenvalue weighted by Crippen LogP contribution is -1.99. The van der Waals surface area contributed by atoms with Gasteiger partial charge in [-0.25, -0.2) is 0 Å². The summed E-state index contributed by atoms with van der Waals surface area (Å²) in [7, 11) is 0. The number of halogens is 2. The Morgan fingerprint density at radius 1 is 1.14 bits per heavy atom. The van der Waals surface area contributed by atoms with Crippen molar-refractivity contribution in [3.63, 3.8) is 0 Å². The van der Waals surface area contributed by atoms with Crippen molar-refractivity contribution in [2.24, 2.45) is 5.73 Å². The van der Waals surface area contributed by atoms with E-state index in [9.17, 15) is 0 Å². The third kappa shape index (κ3) is 2.91. The number of hydrogen-bond donors (Lipinski definition) is 2. The van der Waals surface area contributed by atoms with E-state index in [0.717, 1.165) is 51.9 Å². The van der Waals surface area contributed by atoms with E-state index < -0.39 is 0 Å². The maximum Gasteiger partial charge on any atom is 0.0935 e. The molecule has 0 fully saturated rings. The average molecular weight is 353 g/mol. The summed E-state index contributed by atoms with van der Waals surface area (Å²) in [4.78, 5) is 4.73. The van der Waals surface area contributed by atoms with Crippen molar-refractivity contribution in [2.45, 2.75) is 26.2 Å². The molecule has 1 aromatic carbocycles. The second-order valence-corrected chi connectivity index (χ2v) is 7.55. The molecule has 3 rings (SSSR count). The van der Waals surface area contributed by atoms with Crippen molar-refractivity contribution in [1.29, 1.82) is 0 Å². The van der Waals surface area contributed by atoms with Gasteiger partial charge < -0.3 is 10.7 Å². The first-order chi connectivity index (χ1) is 10.6. The maximum absolute atomic E-state index is 6.27. The van der Waals surface area contributed by atoms with Crippen molar-refractivity contribution in [3.8, 4) is 10.6 Å². The molecule has 2 nitrogen and oxygen atoms in total. The van der Waals surface area contributed by atoms with Gasteiger partial charge >= 0.3 is 0 Å². The van der Waals surface area contributed by atoms with Crippen LogP contribution in [0.4, 0.5) is 0 Å². The Hall–Kier alpha value is -1.00. The van der Waals surface area contributed by atoms with E-state index in [-0.39, 0.29) is 0 Å². The fraction of sp³-hybridized carbons (Fsp3) is 0.294. The molecular formula is C17H18Cl2N2S. The third-order valence-corrected chi connectivity index (χ3v) is 5.63. The lowest BCUT2D eigenvalue weighted by atomic mass is 10.0. The van der Waals surface area contributed by atoms with Crippen LogP contribution in [0.15, 0.2) is 24.3 Å². The number of thiophene rings is 1. The Bertz CT molecular complexity index is 804. The van der Waals surface area contributed by atoms with E-state index in [0.29, 0.717) is 0 Å². The molecule has 0 saturated heterocycles. The molecule has 0 atom stereocenters. The largest absolute Gasteiger partial charge is 0.353 e. The molecular weight excluding hydrogens is 335 g/mol. The van der Waals surface area contributed by atoms with Crippen LogP contribution in [-0.2, 0) is 6.42 Å². The van der Waals surface area contributed by atoms with Crippen LogP contribution in [0.2, 0.25) is 9.36 Å². The second kappa shape index (κ2) is 6.63. The highest BCUT2D eigenvalue weighted by Gasteiger charge is 2.16. The second-order valence-electron chi connectivity index (χ2n) is 5.42. The summed E-state index contributed by atoms with van der Waals surface area (Å²) in [6, 6.07) is 8.10. The van der Waals surface area contributed by atoms with Gasteiger partial charge in [0, 0.05) is 10.4 Å². The van der Waals surface area contributed by atoms with Gasteiger partial charge in [-0.05, 0) is 62.1 Å². The van der Waals surface area contributed by atoms with Crippen LogP contribution in [0, 0.1) is 6.92 Å². The summed E-state index contributed by atoms with van der Waals surface area (Å²) in [6.45, 7) is 2.78. The third-order valence-electron chi connectivity index (χ3n) is 3.98. The first-order valence-electron chi connectivity index (χ1n) is 7.37. The summed E-state index contributed by atoms with van der Waals surface area (Å²) in [5.41, 5.74) is 10.3. The summed E-state index contributed by atoms with van der Waals surface area (Å²) >= 11 is 14.0. The molecule has 2 heterocycles. The Balaban J connectivity index is 2.16. The molecule has 0 amide bonds. The Kier molecular flexibility index (Phi) is 4.79. The molecule has 0 radical (unpaired) electrons. The number of aryl methyl sites for hydroxylation is 2. The monoisotopic (exact) mass is 352 g/mol. The minimum atomic E-state index is 0.730. The molecule has 0 aliphatic carbocycles. The average Bonchev–Trinajstić information content (AvgIpc) is 3.08. The van der Waals surface area contributed by atoms with Crippen molar-refractivity contribution < 1.29 is 0 Å². The molecule has 2 aromatic heterocycles. The summed E-state index contributed by atoms with van der Waals surface area (Å²) in [6.07, 6.45) is 3.12. The van der Waals surface area contributed by atoms with Gasteiger partial charge in [-0.15, -0.1) is 11.3 Å². The zero-order chi connectivity index (χ0) is 15.7. The van der Waals surface area contributed by atoms with Gasteiger partial charge in [0.05, 0.1) is 20.4 Å². The lowest BCUT2D eigenvalue weighted by Gasteiger charge is -2.03. The number of rotatable bonds is 5. The highest BCUT2D eigenvalue weighted by atomic mass is 35.5. The number of H-pyrrole nitrogens is 1. The Morgan fingerprint density at radius 2 is 1.95 bits per heavy atom. The molecule has 22 heavy (non-hydrogen) atoms. The molecule has 3 N–H and O–H groups in total. The van der Waals surface area contributed by atoms with Crippen LogP contribution < -0.4 is 5.73 Å². The summed E-state index contributed by atoms with van der Waals surface area (Å²) in [5.74, 6) is 0.